The summed E-state index contributed by atoms with van der Waals surface area (Å²) >= 11 is 1.34. The number of carbonyl (C=O) groups excluding carboxylic acids is 1. The lowest BCUT2D eigenvalue weighted by Gasteiger charge is -2.20. The minimum Gasteiger partial charge on any atom is -0.406 e. The molecule has 0 aliphatic carbocycles. The van der Waals surface area contributed by atoms with E-state index in [-0.39, 0.29) is 11.7 Å². The highest BCUT2D eigenvalue weighted by Gasteiger charge is 2.32. The maximum Gasteiger partial charge on any atom is 0.573 e. The first-order chi connectivity index (χ1) is 19.7. The fourth-order valence-corrected chi connectivity index (χ4v) is 5.55. The lowest BCUT2D eigenvalue weighted by Crippen LogP contribution is -2.30. The molecule has 1 saturated heterocycles. The number of hydrogen-bond donors (Lipinski definition) is 0. The Bertz CT molecular complexity index is 1840. The van der Waals surface area contributed by atoms with Gasteiger partial charge in [0.2, 0.25) is 5.91 Å². The Morgan fingerprint density at radius 2 is 1.76 bits per heavy atom. The van der Waals surface area contributed by atoms with Gasteiger partial charge < -0.3 is 4.74 Å². The summed E-state index contributed by atoms with van der Waals surface area (Å²) in [6.45, 7) is 3.92. The molecule has 0 spiro atoms. The van der Waals surface area contributed by atoms with Gasteiger partial charge in [-0.25, -0.2) is 9.97 Å². The van der Waals surface area contributed by atoms with Crippen LogP contribution < -0.4 is 9.64 Å². The molecule has 0 unspecified atom stereocenters. The van der Waals surface area contributed by atoms with Crippen molar-refractivity contribution in [2.75, 3.05) is 10.7 Å². The molecular formula is C29H21F3N6O2S. The van der Waals surface area contributed by atoms with Crippen molar-refractivity contribution in [3.05, 3.63) is 89.9 Å². The minimum absolute atomic E-state index is 0.0424. The number of imidazole rings is 1. The number of ether oxygens (including phenoxy) is 1. The van der Waals surface area contributed by atoms with Crippen LogP contribution >= 0.6 is 11.8 Å². The second-order valence-corrected chi connectivity index (χ2v) is 10.2. The second kappa shape index (κ2) is 10.4. The molecule has 1 fully saturated rings. The number of fused-ring (bicyclic) bond motifs is 3. The molecule has 8 nitrogen and oxygen atoms in total. The Labute approximate surface area is 236 Å². The van der Waals surface area contributed by atoms with Crippen molar-refractivity contribution in [1.29, 1.82) is 0 Å². The number of aromatic nitrogens is 3. The first kappa shape index (κ1) is 26.5. The largest absolute Gasteiger partial charge is 0.573 e. The Morgan fingerprint density at radius 3 is 2.49 bits per heavy atom. The van der Waals surface area contributed by atoms with E-state index in [0.717, 1.165) is 27.7 Å². The topological polar surface area (TPSA) is 85.0 Å². The van der Waals surface area contributed by atoms with Gasteiger partial charge in [-0.05, 0) is 73.5 Å². The highest BCUT2D eigenvalue weighted by Crippen LogP contribution is 2.32. The fraction of sp³-hybridized carbons (Fsp3) is 0.138. The molecule has 0 N–H and O–H groups in total. The van der Waals surface area contributed by atoms with Crippen LogP contribution in [-0.4, -0.2) is 43.9 Å². The Kier molecular flexibility index (Phi) is 6.70. The Balaban J connectivity index is 1.26. The van der Waals surface area contributed by atoms with Crippen molar-refractivity contribution in [1.82, 2.24) is 14.5 Å². The number of thioether (sulfide) groups is 1. The number of aryl methyl sites for hydroxylation is 2. The molecule has 206 valence electrons. The van der Waals surface area contributed by atoms with Crippen molar-refractivity contribution in [2.45, 2.75) is 20.2 Å². The Morgan fingerprint density at radius 1 is 1.00 bits per heavy atom. The molecular weight excluding hydrogens is 553 g/mol. The zero-order valence-electron chi connectivity index (χ0n) is 21.8. The van der Waals surface area contributed by atoms with E-state index in [1.54, 1.807) is 21.9 Å². The van der Waals surface area contributed by atoms with Crippen molar-refractivity contribution in [3.63, 3.8) is 0 Å². The monoisotopic (exact) mass is 574 g/mol. The van der Waals surface area contributed by atoms with Gasteiger partial charge in [-0.3, -0.25) is 14.3 Å². The summed E-state index contributed by atoms with van der Waals surface area (Å²) in [6.07, 6.45) is -1.61. The lowest BCUT2D eigenvalue weighted by molar-refractivity contribution is -0.274. The van der Waals surface area contributed by atoms with Gasteiger partial charge in [0.05, 0.1) is 39.9 Å². The van der Waals surface area contributed by atoms with Crippen molar-refractivity contribution >= 4 is 56.7 Å². The van der Waals surface area contributed by atoms with Gasteiger partial charge in [-0.1, -0.05) is 30.0 Å². The number of anilines is 1. The number of carbonyl (C=O) groups is 1. The van der Waals surface area contributed by atoms with Gasteiger partial charge in [0, 0.05) is 11.1 Å². The van der Waals surface area contributed by atoms with E-state index in [1.165, 1.54) is 42.2 Å². The zero-order valence-corrected chi connectivity index (χ0v) is 22.6. The van der Waals surface area contributed by atoms with E-state index in [1.807, 2.05) is 50.2 Å². The van der Waals surface area contributed by atoms with Crippen LogP contribution in [0.4, 0.5) is 18.9 Å². The Hall–Kier alpha value is -4.71. The van der Waals surface area contributed by atoms with Crippen LogP contribution in [0.25, 0.3) is 27.6 Å². The third kappa shape index (κ3) is 5.25. The normalized spacial score (nSPS) is 15.2. The molecule has 2 aromatic heterocycles. The summed E-state index contributed by atoms with van der Waals surface area (Å²) in [5.74, 6) is -0.0419. The van der Waals surface area contributed by atoms with Crippen LogP contribution in [0.1, 0.15) is 16.8 Å². The molecule has 1 aliphatic heterocycles. The first-order valence-corrected chi connectivity index (χ1v) is 13.4. The highest BCUT2D eigenvalue weighted by atomic mass is 32.2. The van der Waals surface area contributed by atoms with E-state index in [9.17, 15) is 18.0 Å². The third-order valence-electron chi connectivity index (χ3n) is 6.52. The molecule has 0 atom stereocenters. The van der Waals surface area contributed by atoms with E-state index in [2.05, 4.69) is 24.9 Å². The molecule has 5 aromatic rings. The van der Waals surface area contributed by atoms with Crippen LogP contribution in [0.2, 0.25) is 0 Å². The van der Waals surface area contributed by atoms with Crippen LogP contribution in [0.5, 0.6) is 5.75 Å². The van der Waals surface area contributed by atoms with Gasteiger partial charge in [0.25, 0.3) is 0 Å². The molecule has 3 aromatic carbocycles. The number of rotatable bonds is 5. The summed E-state index contributed by atoms with van der Waals surface area (Å²) in [4.78, 5) is 23.4. The maximum absolute atomic E-state index is 12.6. The highest BCUT2D eigenvalue weighted by molar-refractivity contribution is 8.15. The number of amides is 1. The number of amidine groups is 1. The minimum atomic E-state index is -4.75. The smallest absolute Gasteiger partial charge is 0.406 e. The van der Waals surface area contributed by atoms with E-state index in [0.29, 0.717) is 33.3 Å². The number of nitrogens with zero attached hydrogens (tertiary/aromatic N) is 6. The molecule has 0 radical (unpaired) electrons. The molecule has 0 saturated carbocycles. The average Bonchev–Trinajstić information content (AvgIpc) is 3.52. The molecule has 41 heavy (non-hydrogen) atoms. The average molecular weight is 575 g/mol. The number of para-hydroxylation sites is 1. The lowest BCUT2D eigenvalue weighted by atomic mass is 10.1. The summed E-state index contributed by atoms with van der Waals surface area (Å²) in [7, 11) is 0. The van der Waals surface area contributed by atoms with E-state index >= 15 is 0 Å². The predicted molar refractivity (Wildman–Crippen MR) is 154 cm³/mol. The van der Waals surface area contributed by atoms with Gasteiger partial charge in [0.1, 0.15) is 12.1 Å². The number of pyridine rings is 1. The maximum atomic E-state index is 12.6. The van der Waals surface area contributed by atoms with Crippen molar-refractivity contribution < 1.29 is 22.7 Å². The molecule has 3 heterocycles. The quantitative estimate of drug-likeness (QED) is 0.175. The SMILES string of the molecule is Cc1cccc(C)c1N1C(=O)CSC1=NN=Cc1ccc2c(ccc3c2ncn3-c2ccc(OC(F)(F)F)cc2)n1. The second-order valence-electron chi connectivity index (χ2n) is 9.28. The molecule has 6 rings (SSSR count). The standard InChI is InChI=1S/C29H21F3N6O2S/c1-17-4-3-5-18(2)27(17)38-25(39)15-41-28(38)36-34-14-19-6-11-22-23(35-19)12-13-24-26(22)33-16-37(24)20-7-9-21(10-8-20)40-29(30,31)32/h3-14,16H,15H2,1-2H3. The number of benzene rings is 3. The van der Waals surface area contributed by atoms with Gasteiger partial charge in [-0.15, -0.1) is 18.3 Å². The summed E-state index contributed by atoms with van der Waals surface area (Å²) in [5.41, 5.74) is 6.16. The number of hydrogen-bond acceptors (Lipinski definition) is 7. The molecule has 0 bridgehead atoms. The summed E-state index contributed by atoms with van der Waals surface area (Å²) in [5, 5.41) is 9.86. The number of alkyl halides is 3. The fourth-order valence-electron chi connectivity index (χ4n) is 4.74. The van der Waals surface area contributed by atoms with Crippen molar-refractivity contribution in [2.24, 2.45) is 10.2 Å². The van der Waals surface area contributed by atoms with Crippen LogP contribution in [0.15, 0.2) is 83.3 Å². The van der Waals surface area contributed by atoms with Gasteiger partial charge in [-0.2, -0.15) is 5.10 Å². The third-order valence-corrected chi connectivity index (χ3v) is 7.43. The molecule has 12 heteroatoms. The zero-order chi connectivity index (χ0) is 28.7. The van der Waals surface area contributed by atoms with Crippen LogP contribution in [0.3, 0.4) is 0 Å². The van der Waals surface area contributed by atoms with Gasteiger partial charge in [0.15, 0.2) is 5.17 Å². The van der Waals surface area contributed by atoms with Crippen LogP contribution in [-0.2, 0) is 4.79 Å². The van der Waals surface area contributed by atoms with E-state index in [4.69, 9.17) is 0 Å². The van der Waals surface area contributed by atoms with Gasteiger partial charge >= 0.3 is 6.36 Å². The first-order valence-electron chi connectivity index (χ1n) is 12.4. The predicted octanol–water partition coefficient (Wildman–Crippen LogP) is 6.56. The summed E-state index contributed by atoms with van der Waals surface area (Å²) in [6, 6.07) is 18.8. The van der Waals surface area contributed by atoms with Crippen molar-refractivity contribution in [3.8, 4) is 11.4 Å². The van der Waals surface area contributed by atoms with E-state index < -0.39 is 6.36 Å². The molecule has 1 amide bonds. The number of halogens is 3. The summed E-state index contributed by atoms with van der Waals surface area (Å²) < 4.78 is 43.2. The van der Waals surface area contributed by atoms with Crippen LogP contribution in [0, 0.1) is 13.8 Å². The molecule has 1 aliphatic rings.